The Balaban J connectivity index is 2.29. The normalized spacial score (nSPS) is 9.90. The molecule has 0 saturated carbocycles. The molecule has 0 fully saturated rings. The first-order valence-corrected chi connectivity index (χ1v) is 6.07. The number of methoxy groups -OCH3 is 2. The molecule has 0 bridgehead atoms. The molecular formula is C13H13N3O3S. The van der Waals surface area contributed by atoms with Crippen molar-refractivity contribution in [2.45, 2.75) is 0 Å². The number of thiocarbonyl (C=S) groups is 1. The zero-order chi connectivity index (χ0) is 14.5. The molecule has 2 aromatic rings. The first-order valence-electron chi connectivity index (χ1n) is 5.66. The van der Waals surface area contributed by atoms with E-state index in [0.717, 1.165) is 0 Å². The van der Waals surface area contributed by atoms with Crippen LogP contribution in [0.4, 0.5) is 0 Å². The van der Waals surface area contributed by atoms with Crippen LogP contribution in [0, 0.1) is 0 Å². The van der Waals surface area contributed by atoms with E-state index in [0.29, 0.717) is 22.9 Å². The lowest BCUT2D eigenvalue weighted by Gasteiger charge is -2.09. The lowest BCUT2D eigenvalue weighted by Crippen LogP contribution is -2.12. The number of aromatic nitrogens is 2. The van der Waals surface area contributed by atoms with Crippen molar-refractivity contribution in [3.8, 4) is 23.3 Å². The van der Waals surface area contributed by atoms with Gasteiger partial charge in [0.1, 0.15) is 27.9 Å². The van der Waals surface area contributed by atoms with Gasteiger partial charge in [0.05, 0.1) is 14.2 Å². The fourth-order valence-electron chi connectivity index (χ4n) is 1.47. The topological polar surface area (TPSA) is 79.5 Å². The predicted octanol–water partition coefficient (Wildman–Crippen LogP) is 1.92. The van der Waals surface area contributed by atoms with E-state index in [1.54, 1.807) is 38.5 Å². The summed E-state index contributed by atoms with van der Waals surface area (Å²) in [6.45, 7) is 0. The Kier molecular flexibility index (Phi) is 4.31. The van der Waals surface area contributed by atoms with E-state index in [1.807, 2.05) is 0 Å². The number of ether oxygens (including phenoxy) is 3. The van der Waals surface area contributed by atoms with Gasteiger partial charge in [0, 0.05) is 24.4 Å². The summed E-state index contributed by atoms with van der Waals surface area (Å²) in [5.74, 6) is 1.69. The zero-order valence-corrected chi connectivity index (χ0v) is 11.8. The highest BCUT2D eigenvalue weighted by Crippen LogP contribution is 2.29. The average molecular weight is 291 g/mol. The summed E-state index contributed by atoms with van der Waals surface area (Å²) in [6.07, 6.45) is 1.52. The van der Waals surface area contributed by atoms with Gasteiger partial charge in [-0.2, -0.15) is 4.98 Å². The molecule has 0 unspecified atom stereocenters. The van der Waals surface area contributed by atoms with Gasteiger partial charge in [-0.25, -0.2) is 4.98 Å². The van der Waals surface area contributed by atoms with Crippen LogP contribution in [-0.4, -0.2) is 29.2 Å². The molecule has 1 aromatic heterocycles. The first-order chi connectivity index (χ1) is 9.62. The molecule has 0 amide bonds. The second-order valence-corrected chi connectivity index (χ2v) is 4.18. The fraction of sp³-hybridized carbons (Fsp3) is 0.154. The molecule has 0 aliphatic rings. The molecule has 0 aliphatic heterocycles. The van der Waals surface area contributed by atoms with E-state index < -0.39 is 0 Å². The number of rotatable bonds is 5. The van der Waals surface area contributed by atoms with Crippen molar-refractivity contribution >= 4 is 17.2 Å². The van der Waals surface area contributed by atoms with Gasteiger partial charge >= 0.3 is 6.01 Å². The Hall–Kier alpha value is -2.41. The molecule has 20 heavy (non-hydrogen) atoms. The van der Waals surface area contributed by atoms with E-state index in [4.69, 9.17) is 32.2 Å². The number of nitrogens with zero attached hydrogens (tertiary/aromatic N) is 2. The molecule has 0 spiro atoms. The third-order valence-corrected chi connectivity index (χ3v) is 2.63. The number of hydrogen-bond acceptors (Lipinski definition) is 6. The van der Waals surface area contributed by atoms with Crippen molar-refractivity contribution in [2.75, 3.05) is 14.2 Å². The molecule has 0 aliphatic carbocycles. The molecule has 1 aromatic carbocycles. The molecule has 2 N–H and O–H groups in total. The monoisotopic (exact) mass is 291 g/mol. The van der Waals surface area contributed by atoms with Gasteiger partial charge in [-0.1, -0.05) is 12.2 Å². The minimum Gasteiger partial charge on any atom is -0.496 e. The molecule has 0 radical (unpaired) electrons. The maximum Gasteiger partial charge on any atom is 0.322 e. The summed E-state index contributed by atoms with van der Waals surface area (Å²) in [5.41, 5.74) is 5.96. The summed E-state index contributed by atoms with van der Waals surface area (Å²) in [4.78, 5) is 8.28. The van der Waals surface area contributed by atoms with Gasteiger partial charge in [-0.05, 0) is 6.07 Å². The predicted molar refractivity (Wildman–Crippen MR) is 77.5 cm³/mol. The number of nitrogens with two attached hydrogens (primary N) is 1. The van der Waals surface area contributed by atoms with Crippen molar-refractivity contribution in [3.05, 3.63) is 36.2 Å². The molecular weight excluding hydrogens is 278 g/mol. The second-order valence-electron chi connectivity index (χ2n) is 3.74. The van der Waals surface area contributed by atoms with Gasteiger partial charge in [-0.3, -0.25) is 0 Å². The molecule has 1 heterocycles. The van der Waals surface area contributed by atoms with Crippen LogP contribution in [0.25, 0.3) is 0 Å². The van der Waals surface area contributed by atoms with E-state index in [1.165, 1.54) is 6.20 Å². The summed E-state index contributed by atoms with van der Waals surface area (Å²) in [6, 6.07) is 6.88. The summed E-state index contributed by atoms with van der Waals surface area (Å²) < 4.78 is 15.9. The third-order valence-electron chi connectivity index (χ3n) is 2.42. The summed E-state index contributed by atoms with van der Waals surface area (Å²) in [7, 11) is 3.12. The van der Waals surface area contributed by atoms with E-state index in [2.05, 4.69) is 9.97 Å². The zero-order valence-electron chi connectivity index (χ0n) is 11.0. The van der Waals surface area contributed by atoms with Crippen LogP contribution in [0.2, 0.25) is 0 Å². The maximum atomic E-state index is 5.56. The third kappa shape index (κ3) is 3.33. The van der Waals surface area contributed by atoms with Crippen LogP contribution in [-0.2, 0) is 0 Å². The Morgan fingerprint density at radius 2 is 1.70 bits per heavy atom. The van der Waals surface area contributed by atoms with Crippen molar-refractivity contribution in [1.82, 2.24) is 9.97 Å². The van der Waals surface area contributed by atoms with Crippen LogP contribution in [0.3, 0.4) is 0 Å². The molecule has 2 rings (SSSR count). The quantitative estimate of drug-likeness (QED) is 0.843. The van der Waals surface area contributed by atoms with Gasteiger partial charge < -0.3 is 19.9 Å². The van der Waals surface area contributed by atoms with Crippen LogP contribution in [0.5, 0.6) is 23.3 Å². The highest BCUT2D eigenvalue weighted by Gasteiger charge is 2.07. The van der Waals surface area contributed by atoms with Gasteiger partial charge in [0.25, 0.3) is 0 Å². The lowest BCUT2D eigenvalue weighted by molar-refractivity contribution is 0.382. The maximum absolute atomic E-state index is 5.56. The molecule has 6 nitrogen and oxygen atoms in total. The van der Waals surface area contributed by atoms with E-state index >= 15 is 0 Å². The van der Waals surface area contributed by atoms with Crippen LogP contribution in [0.15, 0.2) is 30.5 Å². The van der Waals surface area contributed by atoms with Crippen LogP contribution in [0.1, 0.15) is 5.69 Å². The smallest absolute Gasteiger partial charge is 0.322 e. The summed E-state index contributed by atoms with van der Waals surface area (Å²) in [5, 5.41) is 0. The fourth-order valence-corrected chi connectivity index (χ4v) is 1.59. The number of hydrogen-bond donors (Lipinski definition) is 1. The minimum absolute atomic E-state index is 0.144. The van der Waals surface area contributed by atoms with Crippen molar-refractivity contribution in [3.63, 3.8) is 0 Å². The average Bonchev–Trinajstić information content (AvgIpc) is 2.47. The Labute approximate surface area is 121 Å². The molecule has 104 valence electrons. The highest BCUT2D eigenvalue weighted by atomic mass is 32.1. The lowest BCUT2D eigenvalue weighted by atomic mass is 10.3. The van der Waals surface area contributed by atoms with Gasteiger partial charge in [-0.15, -0.1) is 0 Å². The second kappa shape index (κ2) is 6.16. The Morgan fingerprint density at radius 1 is 1.10 bits per heavy atom. The van der Waals surface area contributed by atoms with Crippen molar-refractivity contribution < 1.29 is 14.2 Å². The highest BCUT2D eigenvalue weighted by molar-refractivity contribution is 7.80. The Bertz CT molecular complexity index is 612. The SMILES string of the molecule is COc1cc(OC)cc(Oc2nccc(C(N)=S)n2)c1. The van der Waals surface area contributed by atoms with E-state index in [9.17, 15) is 0 Å². The first kappa shape index (κ1) is 14.0. The van der Waals surface area contributed by atoms with Gasteiger partial charge in [0.2, 0.25) is 0 Å². The molecule has 7 heteroatoms. The van der Waals surface area contributed by atoms with Crippen molar-refractivity contribution in [1.29, 1.82) is 0 Å². The Morgan fingerprint density at radius 3 is 2.25 bits per heavy atom. The van der Waals surface area contributed by atoms with Crippen LogP contribution >= 0.6 is 12.2 Å². The van der Waals surface area contributed by atoms with Gasteiger partial charge in [0.15, 0.2) is 0 Å². The summed E-state index contributed by atoms with van der Waals surface area (Å²) >= 11 is 4.86. The van der Waals surface area contributed by atoms with Crippen molar-refractivity contribution in [2.24, 2.45) is 5.73 Å². The largest absolute Gasteiger partial charge is 0.496 e. The minimum atomic E-state index is 0.144. The van der Waals surface area contributed by atoms with Crippen LogP contribution < -0.4 is 19.9 Å². The number of benzene rings is 1. The van der Waals surface area contributed by atoms with E-state index in [-0.39, 0.29) is 11.0 Å². The standard InChI is InChI=1S/C13H13N3O3S/c1-17-8-5-9(18-2)7-10(6-8)19-13-15-4-3-11(16-13)12(14)20/h3-7H,1-2H3,(H2,14,20). The molecule has 0 atom stereocenters. The molecule has 0 saturated heterocycles.